The number of nitrogen functional groups attached to an aromatic ring is 1. The first-order valence-electron chi connectivity index (χ1n) is 5.39. The van der Waals surface area contributed by atoms with Crippen LogP contribution in [0.3, 0.4) is 0 Å². The lowest BCUT2D eigenvalue weighted by molar-refractivity contribution is -0.140. The number of thioether (sulfide) groups is 1. The summed E-state index contributed by atoms with van der Waals surface area (Å²) in [4.78, 5) is 23.4. The first-order valence-corrected chi connectivity index (χ1v) is 6.38. The molecule has 0 aromatic heterocycles. The van der Waals surface area contributed by atoms with Crippen molar-refractivity contribution in [2.45, 2.75) is 11.3 Å². The molecule has 0 atom stereocenters. The molecule has 0 heterocycles. The summed E-state index contributed by atoms with van der Waals surface area (Å²) in [6, 6.07) is 5.08. The number of nitrogens with two attached hydrogens (primary N) is 1. The van der Waals surface area contributed by atoms with Gasteiger partial charge in [-0.05, 0) is 18.2 Å². The average Bonchev–Trinajstić information content (AvgIpc) is 2.37. The van der Waals surface area contributed by atoms with E-state index in [-0.39, 0.29) is 11.9 Å². The number of benzene rings is 1. The van der Waals surface area contributed by atoms with Crippen molar-refractivity contribution in [1.82, 2.24) is 5.32 Å². The summed E-state index contributed by atoms with van der Waals surface area (Å²) in [6.45, 7) is 0. The maximum absolute atomic E-state index is 11.6. The highest BCUT2D eigenvalue weighted by atomic mass is 32.2. The third-order valence-corrected chi connectivity index (χ3v) is 3.33. The van der Waals surface area contributed by atoms with Crippen molar-refractivity contribution in [2.24, 2.45) is 0 Å². The first-order chi connectivity index (χ1) is 8.58. The molecule has 1 rings (SSSR count). The van der Waals surface area contributed by atoms with Gasteiger partial charge in [0.2, 0.25) is 0 Å². The largest absolute Gasteiger partial charge is 0.469 e. The number of anilines is 1. The Morgan fingerprint density at radius 3 is 2.78 bits per heavy atom. The van der Waals surface area contributed by atoms with E-state index >= 15 is 0 Å². The fourth-order valence-corrected chi connectivity index (χ4v) is 2.35. The van der Waals surface area contributed by atoms with Gasteiger partial charge in [0, 0.05) is 23.4 Å². The molecule has 0 unspecified atom stereocenters. The van der Waals surface area contributed by atoms with Crippen LogP contribution in [0, 0.1) is 0 Å². The molecule has 0 saturated heterocycles. The van der Waals surface area contributed by atoms with Crippen molar-refractivity contribution in [3.05, 3.63) is 23.8 Å². The van der Waals surface area contributed by atoms with Gasteiger partial charge in [0.05, 0.1) is 19.1 Å². The molecule has 0 spiro atoms. The number of hydrogen-bond donors (Lipinski definition) is 2. The molecule has 1 aromatic rings. The van der Waals surface area contributed by atoms with Gasteiger partial charge in [0.1, 0.15) is 0 Å². The van der Waals surface area contributed by atoms with Crippen LogP contribution in [0.2, 0.25) is 0 Å². The molecule has 5 nitrogen and oxygen atoms in total. The standard InChI is InChI=1S/C12H16N2O3S/c1-14-12(16)9-4-3-8(13)7-10(9)18-6-5-11(15)17-2/h3-4,7H,5-6,13H2,1-2H3,(H,14,16). The van der Waals surface area contributed by atoms with Crippen LogP contribution in [0.25, 0.3) is 0 Å². The van der Waals surface area contributed by atoms with Crippen molar-refractivity contribution in [3.63, 3.8) is 0 Å². The van der Waals surface area contributed by atoms with Gasteiger partial charge >= 0.3 is 5.97 Å². The van der Waals surface area contributed by atoms with Gasteiger partial charge in [-0.25, -0.2) is 0 Å². The molecule has 1 amide bonds. The fourth-order valence-electron chi connectivity index (χ4n) is 1.33. The van der Waals surface area contributed by atoms with Crippen molar-refractivity contribution in [2.75, 3.05) is 25.6 Å². The average molecular weight is 268 g/mol. The van der Waals surface area contributed by atoms with Crippen LogP contribution in [0.5, 0.6) is 0 Å². The summed E-state index contributed by atoms with van der Waals surface area (Å²) < 4.78 is 4.55. The summed E-state index contributed by atoms with van der Waals surface area (Å²) in [6.07, 6.45) is 0.295. The Morgan fingerprint density at radius 2 is 2.17 bits per heavy atom. The van der Waals surface area contributed by atoms with E-state index in [0.29, 0.717) is 23.4 Å². The lowest BCUT2D eigenvalue weighted by Crippen LogP contribution is -2.18. The van der Waals surface area contributed by atoms with E-state index in [9.17, 15) is 9.59 Å². The topological polar surface area (TPSA) is 81.4 Å². The van der Waals surface area contributed by atoms with E-state index in [2.05, 4.69) is 10.1 Å². The Bertz CT molecular complexity index is 449. The zero-order valence-corrected chi connectivity index (χ0v) is 11.2. The van der Waals surface area contributed by atoms with Gasteiger partial charge in [0.25, 0.3) is 5.91 Å². The maximum Gasteiger partial charge on any atom is 0.306 e. The predicted molar refractivity (Wildman–Crippen MR) is 71.6 cm³/mol. The van der Waals surface area contributed by atoms with Crippen LogP contribution in [0.15, 0.2) is 23.1 Å². The van der Waals surface area contributed by atoms with Gasteiger partial charge < -0.3 is 15.8 Å². The summed E-state index contributed by atoms with van der Waals surface area (Å²) in [5.41, 5.74) is 6.83. The zero-order valence-electron chi connectivity index (χ0n) is 10.4. The van der Waals surface area contributed by atoms with Gasteiger partial charge in [-0.2, -0.15) is 0 Å². The molecule has 18 heavy (non-hydrogen) atoms. The molecule has 0 radical (unpaired) electrons. The molecule has 1 aromatic carbocycles. The number of esters is 1. The second-order valence-corrected chi connectivity index (χ2v) is 4.65. The molecule has 0 saturated carbocycles. The van der Waals surface area contributed by atoms with Gasteiger partial charge in [0.15, 0.2) is 0 Å². The number of nitrogens with one attached hydrogen (secondary N) is 1. The fraction of sp³-hybridized carbons (Fsp3) is 0.333. The quantitative estimate of drug-likeness (QED) is 0.477. The number of methoxy groups -OCH3 is 1. The molecule has 0 fully saturated rings. The van der Waals surface area contributed by atoms with Gasteiger partial charge in [-0.1, -0.05) is 0 Å². The van der Waals surface area contributed by atoms with E-state index in [4.69, 9.17) is 5.73 Å². The Hall–Kier alpha value is -1.69. The van der Waals surface area contributed by atoms with E-state index in [1.165, 1.54) is 18.9 Å². The maximum atomic E-state index is 11.6. The van der Waals surface area contributed by atoms with Crippen LogP contribution in [0.4, 0.5) is 5.69 Å². The summed E-state index contributed by atoms with van der Waals surface area (Å²) >= 11 is 1.41. The third-order valence-electron chi connectivity index (χ3n) is 2.27. The molecule has 0 aliphatic carbocycles. The molecule has 3 N–H and O–H groups in total. The van der Waals surface area contributed by atoms with Gasteiger partial charge in [-0.3, -0.25) is 9.59 Å². The number of carbonyl (C=O) groups excluding carboxylic acids is 2. The van der Waals surface area contributed by atoms with Crippen LogP contribution >= 0.6 is 11.8 Å². The Labute approximate surface area is 110 Å². The first kappa shape index (κ1) is 14.4. The van der Waals surface area contributed by atoms with E-state index in [1.807, 2.05) is 0 Å². The van der Waals surface area contributed by atoms with Crippen molar-refractivity contribution >= 4 is 29.3 Å². The van der Waals surface area contributed by atoms with Crippen LogP contribution < -0.4 is 11.1 Å². The molecule has 98 valence electrons. The highest BCUT2D eigenvalue weighted by molar-refractivity contribution is 7.99. The van der Waals surface area contributed by atoms with Crippen molar-refractivity contribution in [3.8, 4) is 0 Å². The Kier molecular flexibility index (Phi) is 5.51. The Morgan fingerprint density at radius 1 is 1.44 bits per heavy atom. The molecule has 0 aliphatic heterocycles. The normalized spacial score (nSPS) is 9.89. The van der Waals surface area contributed by atoms with E-state index in [1.54, 1.807) is 25.2 Å². The summed E-state index contributed by atoms with van der Waals surface area (Å²) in [5, 5.41) is 2.57. The summed E-state index contributed by atoms with van der Waals surface area (Å²) in [7, 11) is 2.92. The smallest absolute Gasteiger partial charge is 0.306 e. The monoisotopic (exact) mass is 268 g/mol. The molecule has 0 bridgehead atoms. The zero-order chi connectivity index (χ0) is 13.5. The minimum absolute atomic E-state index is 0.171. The van der Waals surface area contributed by atoms with Gasteiger partial charge in [-0.15, -0.1) is 11.8 Å². The molecule has 0 aliphatic rings. The highest BCUT2D eigenvalue weighted by Gasteiger charge is 2.11. The van der Waals surface area contributed by atoms with Crippen LogP contribution in [-0.2, 0) is 9.53 Å². The lowest BCUT2D eigenvalue weighted by atomic mass is 10.2. The predicted octanol–water partition coefficient (Wildman–Crippen LogP) is 1.28. The summed E-state index contributed by atoms with van der Waals surface area (Å²) in [5.74, 6) is 0.101. The second kappa shape index (κ2) is 6.90. The highest BCUT2D eigenvalue weighted by Crippen LogP contribution is 2.26. The number of ether oxygens (including phenoxy) is 1. The molecular formula is C12H16N2O3S. The van der Waals surface area contributed by atoms with E-state index < -0.39 is 0 Å². The van der Waals surface area contributed by atoms with E-state index in [0.717, 1.165) is 4.90 Å². The number of amides is 1. The SMILES string of the molecule is CNC(=O)c1ccc(N)cc1SCCC(=O)OC. The minimum atomic E-state index is -0.270. The van der Waals surface area contributed by atoms with Crippen LogP contribution in [0.1, 0.15) is 16.8 Å². The minimum Gasteiger partial charge on any atom is -0.469 e. The number of carbonyl (C=O) groups is 2. The number of rotatable bonds is 5. The second-order valence-electron chi connectivity index (χ2n) is 3.51. The number of hydrogen-bond acceptors (Lipinski definition) is 5. The third kappa shape index (κ3) is 3.96. The Balaban J connectivity index is 2.76. The van der Waals surface area contributed by atoms with Crippen molar-refractivity contribution in [1.29, 1.82) is 0 Å². The lowest BCUT2D eigenvalue weighted by Gasteiger charge is -2.08. The van der Waals surface area contributed by atoms with Crippen molar-refractivity contribution < 1.29 is 14.3 Å². The molecule has 6 heteroatoms. The molecular weight excluding hydrogens is 252 g/mol. The van der Waals surface area contributed by atoms with Crippen LogP contribution in [-0.4, -0.2) is 31.8 Å².